The summed E-state index contributed by atoms with van der Waals surface area (Å²) in [4.78, 5) is 12.9. The molecule has 176 valence electrons. The monoisotopic (exact) mass is 505 g/mol. The molecule has 10 heteroatoms. The van der Waals surface area contributed by atoms with Crippen molar-refractivity contribution in [2.45, 2.75) is 11.4 Å². The van der Waals surface area contributed by atoms with Crippen molar-refractivity contribution in [1.82, 2.24) is 15.2 Å². The largest absolute Gasteiger partial charge is 0.271 e. The Labute approximate surface area is 207 Å². The van der Waals surface area contributed by atoms with Crippen LogP contribution in [-0.2, 0) is 21.4 Å². The van der Waals surface area contributed by atoms with Crippen LogP contribution in [0.3, 0.4) is 0 Å². The number of fused-ring (bicyclic) bond motifs is 3. The van der Waals surface area contributed by atoms with Crippen molar-refractivity contribution >= 4 is 39.4 Å². The van der Waals surface area contributed by atoms with Crippen molar-refractivity contribution in [1.29, 1.82) is 0 Å². The van der Waals surface area contributed by atoms with E-state index in [0.717, 1.165) is 11.1 Å². The maximum absolute atomic E-state index is 13.3. The van der Waals surface area contributed by atoms with Crippen LogP contribution < -0.4 is 9.73 Å². The van der Waals surface area contributed by atoms with E-state index >= 15 is 0 Å². The Morgan fingerprint density at radius 3 is 2.46 bits per heavy atom. The van der Waals surface area contributed by atoms with Crippen LogP contribution in [0.1, 0.15) is 5.56 Å². The summed E-state index contributed by atoms with van der Waals surface area (Å²) in [6.07, 6.45) is 1.51. The molecule has 0 spiro atoms. The number of hydrogen-bond donors (Lipinski definition) is 1. The van der Waals surface area contributed by atoms with Crippen LogP contribution in [0.4, 0.5) is 5.69 Å². The molecule has 2 heterocycles. The maximum atomic E-state index is 13.3. The Balaban J connectivity index is 1.54. The van der Waals surface area contributed by atoms with Gasteiger partial charge in [-0.05, 0) is 23.8 Å². The number of anilines is 1. The normalized spacial score (nSPS) is 13.9. The number of hydrogen-bond acceptors (Lipinski definition) is 5. The summed E-state index contributed by atoms with van der Waals surface area (Å²) in [5.74, 6) is -0.409. The van der Waals surface area contributed by atoms with Crippen molar-refractivity contribution in [2.75, 3.05) is 11.4 Å². The van der Waals surface area contributed by atoms with E-state index in [2.05, 4.69) is 15.6 Å². The Morgan fingerprint density at radius 2 is 1.71 bits per heavy atom. The van der Waals surface area contributed by atoms with Crippen LogP contribution in [0.15, 0.2) is 88.9 Å². The summed E-state index contributed by atoms with van der Waals surface area (Å²) in [6.45, 7) is -0.157. The first kappa shape index (κ1) is 22.8. The van der Waals surface area contributed by atoms with Gasteiger partial charge < -0.3 is 0 Å². The van der Waals surface area contributed by atoms with E-state index in [1.54, 1.807) is 48.5 Å². The second-order valence-corrected chi connectivity index (χ2v) is 10.3. The second-order valence-electron chi connectivity index (χ2n) is 7.88. The van der Waals surface area contributed by atoms with Gasteiger partial charge in [0.1, 0.15) is 17.9 Å². The molecule has 1 aliphatic heterocycles. The third-order valence-electron chi connectivity index (χ3n) is 5.64. The number of nitrogens with one attached hydrogen (secondary N) is 1. The Hall–Kier alpha value is -3.95. The molecule has 0 saturated heterocycles. The highest BCUT2D eigenvalue weighted by Gasteiger charge is 2.38. The minimum Gasteiger partial charge on any atom is -0.271 e. The number of nitrogens with zero attached hydrogens (tertiary/aromatic N) is 4. The van der Waals surface area contributed by atoms with E-state index in [-0.39, 0.29) is 11.4 Å². The molecule has 0 fully saturated rings. The number of carbonyl (C=O) groups excluding carboxylic acids is 1. The minimum atomic E-state index is -3.78. The molecule has 0 saturated carbocycles. The van der Waals surface area contributed by atoms with Crippen molar-refractivity contribution in [2.24, 2.45) is 5.10 Å². The van der Waals surface area contributed by atoms with Gasteiger partial charge >= 0.3 is 0 Å². The quantitative estimate of drug-likeness (QED) is 0.325. The first-order chi connectivity index (χ1) is 16.9. The fourth-order valence-corrected chi connectivity index (χ4v) is 5.50. The van der Waals surface area contributed by atoms with Gasteiger partial charge in [-0.2, -0.15) is 10.2 Å². The zero-order valence-corrected chi connectivity index (χ0v) is 20.2. The predicted octanol–water partition coefficient (Wildman–Crippen LogP) is 4.16. The molecule has 1 amide bonds. The summed E-state index contributed by atoms with van der Waals surface area (Å²) in [5, 5.41) is 9.30. The maximum Gasteiger partial charge on any atom is 0.264 e. The second kappa shape index (κ2) is 9.01. The van der Waals surface area contributed by atoms with Crippen LogP contribution in [0.25, 0.3) is 22.5 Å². The predicted molar refractivity (Wildman–Crippen MR) is 136 cm³/mol. The third kappa shape index (κ3) is 4.20. The average molecular weight is 506 g/mol. The highest BCUT2D eigenvalue weighted by molar-refractivity contribution is 7.93. The zero-order chi connectivity index (χ0) is 24.6. The van der Waals surface area contributed by atoms with E-state index < -0.39 is 15.9 Å². The van der Waals surface area contributed by atoms with E-state index in [0.29, 0.717) is 27.7 Å². The molecule has 1 N–H and O–H groups in total. The molecule has 35 heavy (non-hydrogen) atoms. The number of aromatic nitrogens is 2. The highest BCUT2D eigenvalue weighted by Crippen LogP contribution is 2.47. The molecule has 0 atom stereocenters. The van der Waals surface area contributed by atoms with Crippen molar-refractivity contribution in [3.8, 4) is 22.5 Å². The summed E-state index contributed by atoms with van der Waals surface area (Å²) in [6, 6.07) is 23.0. The van der Waals surface area contributed by atoms with E-state index in [1.807, 2.05) is 30.3 Å². The number of amides is 1. The number of hydrazone groups is 1. The van der Waals surface area contributed by atoms with Crippen LogP contribution in [0.2, 0.25) is 5.02 Å². The lowest BCUT2D eigenvalue weighted by molar-refractivity contribution is -0.121. The first-order valence-corrected chi connectivity index (χ1v) is 12.5. The summed E-state index contributed by atoms with van der Waals surface area (Å²) in [5.41, 5.74) is 5.96. The van der Waals surface area contributed by atoms with E-state index in [1.165, 1.54) is 22.2 Å². The molecular weight excluding hydrogens is 486 g/mol. The molecule has 5 rings (SSSR count). The van der Waals surface area contributed by atoms with E-state index in [9.17, 15) is 13.2 Å². The van der Waals surface area contributed by atoms with Crippen LogP contribution in [0.5, 0.6) is 0 Å². The first-order valence-electron chi connectivity index (χ1n) is 10.7. The topological polar surface area (TPSA) is 96.7 Å². The van der Waals surface area contributed by atoms with Gasteiger partial charge in [-0.25, -0.2) is 13.8 Å². The van der Waals surface area contributed by atoms with Crippen LogP contribution >= 0.6 is 11.6 Å². The molecule has 0 unspecified atom stereocenters. The molecule has 3 aromatic carbocycles. The lowest BCUT2D eigenvalue weighted by Gasteiger charge is -2.27. The Kier molecular flexibility index (Phi) is 5.88. The highest BCUT2D eigenvalue weighted by atomic mass is 35.5. The lowest BCUT2D eigenvalue weighted by atomic mass is 10.1. The standard InChI is InChI=1S/C25H20ClN5O3S/c1-30-25-23(18-7-3-2-4-8-18)29-31(24(25)20-9-5-6-10-21(20)35(30,33)34)16-22(32)28-27-15-17-11-13-19(26)14-12-17/h2-15H,16H2,1H3,(H,28,32)/b27-15+. The van der Waals surface area contributed by atoms with Crippen LogP contribution in [-0.4, -0.2) is 37.4 Å². The fourth-order valence-electron chi connectivity index (χ4n) is 3.98. The van der Waals surface area contributed by atoms with Gasteiger partial charge in [0, 0.05) is 23.2 Å². The van der Waals surface area contributed by atoms with Gasteiger partial charge in [-0.3, -0.25) is 13.8 Å². The molecule has 0 radical (unpaired) electrons. The lowest BCUT2D eigenvalue weighted by Crippen LogP contribution is -2.31. The molecule has 4 aromatic rings. The smallest absolute Gasteiger partial charge is 0.264 e. The number of benzene rings is 3. The van der Waals surface area contributed by atoms with Gasteiger partial charge in [0.15, 0.2) is 0 Å². The van der Waals surface area contributed by atoms with Gasteiger partial charge in [0.2, 0.25) is 0 Å². The summed E-state index contributed by atoms with van der Waals surface area (Å²) >= 11 is 5.89. The van der Waals surface area contributed by atoms with Gasteiger partial charge in [0.25, 0.3) is 15.9 Å². The fraction of sp³-hybridized carbons (Fsp3) is 0.0800. The number of rotatable bonds is 5. The van der Waals surface area contributed by atoms with Gasteiger partial charge in [-0.1, -0.05) is 72.3 Å². The van der Waals surface area contributed by atoms with Gasteiger partial charge in [-0.15, -0.1) is 0 Å². The number of carbonyl (C=O) groups is 1. The average Bonchev–Trinajstić information content (AvgIpc) is 3.23. The Morgan fingerprint density at radius 1 is 1.03 bits per heavy atom. The van der Waals surface area contributed by atoms with Crippen molar-refractivity contribution in [3.05, 3.63) is 89.4 Å². The zero-order valence-electron chi connectivity index (χ0n) is 18.6. The molecule has 8 nitrogen and oxygen atoms in total. The number of halogens is 1. The third-order valence-corrected chi connectivity index (χ3v) is 7.70. The number of sulfonamides is 1. The molecule has 0 bridgehead atoms. The van der Waals surface area contributed by atoms with Crippen molar-refractivity contribution < 1.29 is 13.2 Å². The molecular formula is C25H20ClN5O3S. The van der Waals surface area contributed by atoms with E-state index in [4.69, 9.17) is 11.6 Å². The summed E-state index contributed by atoms with van der Waals surface area (Å²) < 4.78 is 29.3. The minimum absolute atomic E-state index is 0.157. The Bertz CT molecular complexity index is 1550. The SMILES string of the molecule is CN1c2c(-c3ccccc3)nn(CC(=O)N/N=C/c3ccc(Cl)cc3)c2-c2ccccc2S1(=O)=O. The molecule has 0 aliphatic carbocycles. The van der Waals surface area contributed by atoms with Gasteiger partial charge in [0.05, 0.1) is 16.8 Å². The summed E-state index contributed by atoms with van der Waals surface area (Å²) in [7, 11) is -2.28. The molecule has 1 aliphatic rings. The molecule has 1 aromatic heterocycles. The van der Waals surface area contributed by atoms with Crippen LogP contribution in [0, 0.1) is 0 Å². The van der Waals surface area contributed by atoms with Crippen molar-refractivity contribution in [3.63, 3.8) is 0 Å².